The number of carbonyl (C=O) groups excluding carboxylic acids is 1. The molecule has 0 unspecified atom stereocenters. The number of carbonyl (C=O) groups is 1. The minimum Gasteiger partial charge on any atom is -0.391 e. The van der Waals surface area contributed by atoms with E-state index < -0.39 is 6.10 Å². The van der Waals surface area contributed by atoms with Crippen molar-refractivity contribution in [1.29, 1.82) is 0 Å². The van der Waals surface area contributed by atoms with Crippen molar-refractivity contribution in [2.45, 2.75) is 104 Å². The molecule has 204 valence electrons. The Bertz CT molecular complexity index is 1070. The van der Waals surface area contributed by atoms with E-state index in [1.165, 1.54) is 44.9 Å². The normalized spacial score (nSPS) is 48.2. The van der Waals surface area contributed by atoms with Gasteiger partial charge in [-0.2, -0.15) is 0 Å². The number of aliphatic hydroxyl groups excluding tert-OH is 1. The van der Waals surface area contributed by atoms with Crippen LogP contribution < -0.4 is 5.32 Å². The first kappa shape index (κ1) is 25.9. The molecule has 5 aliphatic rings. The first-order valence-electron chi connectivity index (χ1n) is 15.1. The number of benzene rings is 1. The van der Waals surface area contributed by atoms with Crippen LogP contribution in [-0.4, -0.2) is 48.2 Å². The molecule has 0 aromatic heterocycles. The number of aliphatic hydroxyl groups is 1. The molecule has 1 aromatic carbocycles. The molecule has 10 atom stereocenters. The van der Waals surface area contributed by atoms with Crippen LogP contribution in [0.4, 0.5) is 0 Å². The molecule has 4 nitrogen and oxygen atoms in total. The highest BCUT2D eigenvalue weighted by atomic mass is 16.3. The van der Waals surface area contributed by atoms with Crippen LogP contribution in [0.25, 0.3) is 0 Å². The third-order valence-corrected chi connectivity index (χ3v) is 13.9. The minimum atomic E-state index is -0.469. The summed E-state index contributed by atoms with van der Waals surface area (Å²) in [5, 5.41) is 15.4. The van der Waals surface area contributed by atoms with Gasteiger partial charge in [-0.25, -0.2) is 0 Å². The van der Waals surface area contributed by atoms with Crippen molar-refractivity contribution in [2.75, 3.05) is 14.1 Å². The van der Waals surface area contributed by atoms with Crippen molar-refractivity contribution in [1.82, 2.24) is 10.2 Å². The van der Waals surface area contributed by atoms with Gasteiger partial charge in [0.05, 0.1) is 12.1 Å². The summed E-state index contributed by atoms with van der Waals surface area (Å²) in [4.78, 5) is 15.4. The number of rotatable bonds is 4. The highest BCUT2D eigenvalue weighted by Gasteiger charge is 2.83. The van der Waals surface area contributed by atoms with Crippen LogP contribution in [0.1, 0.15) is 96.3 Å². The molecule has 0 aliphatic heterocycles. The van der Waals surface area contributed by atoms with Gasteiger partial charge < -0.3 is 15.3 Å². The zero-order chi connectivity index (χ0) is 26.6. The van der Waals surface area contributed by atoms with E-state index in [-0.39, 0.29) is 22.8 Å². The summed E-state index contributed by atoms with van der Waals surface area (Å²) in [6, 6.07) is 10.0. The number of likely N-dealkylation sites (N-methyl/N-ethyl adjacent to an activating group) is 1. The third kappa shape index (κ3) is 3.06. The Balaban J connectivity index is 1.31. The number of amides is 1. The second-order valence-electron chi connectivity index (χ2n) is 15.0. The Labute approximate surface area is 225 Å². The summed E-state index contributed by atoms with van der Waals surface area (Å²) < 4.78 is 0. The fourth-order valence-electron chi connectivity index (χ4n) is 12.2. The lowest BCUT2D eigenvalue weighted by atomic mass is 9.41. The first-order valence-corrected chi connectivity index (χ1v) is 15.1. The molecule has 4 heteroatoms. The van der Waals surface area contributed by atoms with E-state index in [4.69, 9.17) is 0 Å². The molecule has 5 fully saturated rings. The quantitative estimate of drug-likeness (QED) is 0.515. The molecule has 37 heavy (non-hydrogen) atoms. The van der Waals surface area contributed by atoms with E-state index >= 15 is 0 Å². The van der Waals surface area contributed by atoms with Gasteiger partial charge in [-0.15, -0.1) is 0 Å². The zero-order valence-corrected chi connectivity index (χ0v) is 24.3. The maximum absolute atomic E-state index is 13.5. The molecule has 2 N–H and O–H groups in total. The second kappa shape index (κ2) is 8.07. The summed E-state index contributed by atoms with van der Waals surface area (Å²) >= 11 is 0. The van der Waals surface area contributed by atoms with Crippen LogP contribution in [0.3, 0.4) is 0 Å². The van der Waals surface area contributed by atoms with Gasteiger partial charge in [0.25, 0.3) is 5.91 Å². The molecule has 0 heterocycles. The lowest BCUT2D eigenvalue weighted by molar-refractivity contribution is -0.170. The molecule has 0 bridgehead atoms. The summed E-state index contributed by atoms with van der Waals surface area (Å²) in [5.41, 5.74) is 2.03. The topological polar surface area (TPSA) is 52.6 Å². The number of nitrogens with one attached hydrogen (secondary N) is 1. The maximum Gasteiger partial charge on any atom is 0.253 e. The number of fused-ring (bicyclic) bond motifs is 2. The Kier molecular flexibility index (Phi) is 5.64. The lowest BCUT2D eigenvalue weighted by Crippen LogP contribution is -2.64. The first-order chi connectivity index (χ1) is 17.4. The fourth-order valence-corrected chi connectivity index (χ4v) is 12.2. The minimum absolute atomic E-state index is 0.0319. The average Bonchev–Trinajstić information content (AvgIpc) is 3.43. The highest BCUT2D eigenvalue weighted by Crippen LogP contribution is 2.89. The Hall–Kier alpha value is -1.39. The number of hydrogen-bond donors (Lipinski definition) is 2. The predicted octanol–water partition coefficient (Wildman–Crippen LogP) is 6.15. The van der Waals surface area contributed by atoms with E-state index in [2.05, 4.69) is 47.0 Å². The van der Waals surface area contributed by atoms with Crippen LogP contribution in [0.15, 0.2) is 30.3 Å². The Morgan fingerprint density at radius 2 is 1.65 bits per heavy atom. The molecule has 1 aromatic rings. The summed E-state index contributed by atoms with van der Waals surface area (Å²) in [6.07, 6.45) is 9.64. The highest BCUT2D eigenvalue weighted by molar-refractivity contribution is 5.94. The second-order valence-corrected chi connectivity index (χ2v) is 15.0. The summed E-state index contributed by atoms with van der Waals surface area (Å²) in [6.45, 7) is 12.4. The van der Waals surface area contributed by atoms with Gasteiger partial charge in [0.2, 0.25) is 0 Å². The van der Waals surface area contributed by atoms with E-state index in [9.17, 15) is 9.90 Å². The standard InChI is InChI=1S/C33H50N2O2/c1-21(34-6)23-15-16-31(5)26-14-13-25-29(2,3)27(35(7)28(37)22-11-9-8-10-12-22)24(36)19-33(25)20-32(26,33)18-17-30(23,31)4/h8-12,21,23-27,34,36H,13-20H2,1-7H3/t21-,23+,24+,25-,26-,27-,30+,31-,32-,33+/m0/s1. The average molecular weight is 507 g/mol. The predicted molar refractivity (Wildman–Crippen MR) is 149 cm³/mol. The number of nitrogens with zero attached hydrogens (tertiary/aromatic N) is 1. The van der Waals surface area contributed by atoms with Gasteiger partial charge in [0, 0.05) is 18.7 Å². The van der Waals surface area contributed by atoms with E-state index in [1.54, 1.807) is 0 Å². The fraction of sp³-hybridized carbons (Fsp3) is 0.788. The van der Waals surface area contributed by atoms with Crippen LogP contribution >= 0.6 is 0 Å². The van der Waals surface area contributed by atoms with E-state index in [0.29, 0.717) is 33.8 Å². The van der Waals surface area contributed by atoms with Crippen molar-refractivity contribution in [2.24, 2.45) is 44.8 Å². The zero-order valence-electron chi connectivity index (χ0n) is 24.3. The number of hydrogen-bond acceptors (Lipinski definition) is 3. The lowest BCUT2D eigenvalue weighted by Gasteiger charge is -2.64. The van der Waals surface area contributed by atoms with E-state index in [0.717, 1.165) is 18.3 Å². The molecule has 2 spiro atoms. The van der Waals surface area contributed by atoms with Gasteiger partial charge in [-0.1, -0.05) is 45.9 Å². The maximum atomic E-state index is 13.5. The Morgan fingerprint density at radius 1 is 0.973 bits per heavy atom. The van der Waals surface area contributed by atoms with Crippen molar-refractivity contribution < 1.29 is 9.90 Å². The van der Waals surface area contributed by atoms with Crippen LogP contribution in [0.5, 0.6) is 0 Å². The van der Waals surface area contributed by atoms with Crippen LogP contribution in [0.2, 0.25) is 0 Å². The molecule has 5 aliphatic carbocycles. The Morgan fingerprint density at radius 3 is 2.32 bits per heavy atom. The van der Waals surface area contributed by atoms with Gasteiger partial charge in [-0.05, 0) is 122 Å². The molecule has 0 radical (unpaired) electrons. The van der Waals surface area contributed by atoms with Crippen molar-refractivity contribution >= 4 is 5.91 Å². The van der Waals surface area contributed by atoms with Gasteiger partial charge in [-0.3, -0.25) is 4.79 Å². The van der Waals surface area contributed by atoms with Gasteiger partial charge >= 0.3 is 0 Å². The van der Waals surface area contributed by atoms with Crippen molar-refractivity contribution in [3.63, 3.8) is 0 Å². The van der Waals surface area contributed by atoms with Crippen LogP contribution in [0, 0.1) is 44.8 Å². The monoisotopic (exact) mass is 506 g/mol. The van der Waals surface area contributed by atoms with Gasteiger partial charge in [0.1, 0.15) is 0 Å². The van der Waals surface area contributed by atoms with E-state index in [1.807, 2.05) is 42.3 Å². The summed E-state index contributed by atoms with van der Waals surface area (Å²) in [5.74, 6) is 2.12. The van der Waals surface area contributed by atoms with Crippen molar-refractivity contribution in [3.05, 3.63) is 35.9 Å². The largest absolute Gasteiger partial charge is 0.391 e. The molecular weight excluding hydrogens is 456 g/mol. The van der Waals surface area contributed by atoms with Crippen molar-refractivity contribution in [3.8, 4) is 0 Å². The molecule has 1 amide bonds. The third-order valence-electron chi connectivity index (χ3n) is 13.9. The molecule has 6 rings (SSSR count). The molecule has 0 saturated heterocycles. The smallest absolute Gasteiger partial charge is 0.253 e. The van der Waals surface area contributed by atoms with Crippen LogP contribution in [-0.2, 0) is 0 Å². The molecule has 5 saturated carbocycles. The SMILES string of the molecule is CN[C@@H](C)[C@H]1CC[C@@]2(C)[C@@H]3CC[C@H]4C(C)(C)[C@@H](N(C)C(=O)c5ccccc5)[C@H](O)C[C@@]45C[C@@]35CC[C@]12C. The van der Waals surface area contributed by atoms with Gasteiger partial charge in [0.15, 0.2) is 0 Å². The molecular formula is C33H50N2O2. The summed E-state index contributed by atoms with van der Waals surface area (Å²) in [7, 11) is 4.06.